The van der Waals surface area contributed by atoms with Crippen LogP contribution in [0.1, 0.15) is 32.4 Å². The van der Waals surface area contributed by atoms with E-state index in [0.717, 1.165) is 5.02 Å². The lowest BCUT2D eigenvalue weighted by Crippen LogP contribution is -2.38. The molecule has 90 valence electrons. The molecule has 0 fully saturated rings. The fourth-order valence-corrected chi connectivity index (χ4v) is 1.75. The van der Waals surface area contributed by atoms with E-state index in [-0.39, 0.29) is 18.7 Å². The first kappa shape index (κ1) is 13.5. The minimum absolute atomic E-state index is 0.130. The lowest BCUT2D eigenvalue weighted by atomic mass is 10.0. The minimum atomic E-state index is 0.130. The van der Waals surface area contributed by atoms with Crippen molar-refractivity contribution in [2.75, 3.05) is 6.61 Å². The first-order valence-corrected chi connectivity index (χ1v) is 6.04. The van der Waals surface area contributed by atoms with E-state index in [1.807, 2.05) is 24.3 Å². The van der Waals surface area contributed by atoms with Gasteiger partial charge in [0.15, 0.2) is 0 Å². The average Bonchev–Trinajstić information content (AvgIpc) is 2.26. The van der Waals surface area contributed by atoms with Crippen LogP contribution in [-0.4, -0.2) is 17.8 Å². The van der Waals surface area contributed by atoms with Crippen LogP contribution in [0, 0.1) is 5.92 Å². The lowest BCUT2D eigenvalue weighted by Gasteiger charge is -2.25. The van der Waals surface area contributed by atoms with Gasteiger partial charge in [0.1, 0.15) is 0 Å². The van der Waals surface area contributed by atoms with Gasteiger partial charge >= 0.3 is 0 Å². The molecule has 0 bridgehead atoms. The highest BCUT2D eigenvalue weighted by atomic mass is 35.5. The second-order valence-corrected chi connectivity index (χ2v) is 4.91. The second-order valence-electron chi connectivity index (χ2n) is 4.47. The fraction of sp³-hybridized carbons (Fsp3) is 0.538. The van der Waals surface area contributed by atoms with Crippen LogP contribution in [0.15, 0.2) is 24.3 Å². The first-order valence-electron chi connectivity index (χ1n) is 5.67. The van der Waals surface area contributed by atoms with Gasteiger partial charge in [-0.1, -0.05) is 37.6 Å². The van der Waals surface area contributed by atoms with Crippen molar-refractivity contribution < 1.29 is 5.11 Å². The maximum absolute atomic E-state index is 9.25. The number of hydrogen-bond acceptors (Lipinski definition) is 2. The van der Waals surface area contributed by atoms with Gasteiger partial charge in [0, 0.05) is 17.1 Å². The molecular formula is C13H20ClNO. The Bertz CT molecular complexity index is 310. The number of aliphatic hydroxyl groups excluding tert-OH is 1. The average molecular weight is 242 g/mol. The van der Waals surface area contributed by atoms with E-state index in [0.29, 0.717) is 5.92 Å². The molecule has 0 aliphatic rings. The van der Waals surface area contributed by atoms with Crippen LogP contribution in [-0.2, 0) is 0 Å². The van der Waals surface area contributed by atoms with Crippen molar-refractivity contribution in [3.05, 3.63) is 34.9 Å². The summed E-state index contributed by atoms with van der Waals surface area (Å²) >= 11 is 5.84. The van der Waals surface area contributed by atoms with E-state index in [9.17, 15) is 5.11 Å². The molecule has 0 amide bonds. The molecule has 1 rings (SSSR count). The Labute approximate surface area is 103 Å². The maximum Gasteiger partial charge on any atom is 0.0587 e. The third kappa shape index (κ3) is 3.78. The molecule has 2 nitrogen and oxygen atoms in total. The Hall–Kier alpha value is -0.570. The summed E-state index contributed by atoms with van der Waals surface area (Å²) in [5.74, 6) is 0.416. The van der Waals surface area contributed by atoms with E-state index in [1.165, 1.54) is 5.56 Å². The summed E-state index contributed by atoms with van der Waals surface area (Å²) in [5, 5.41) is 13.4. The number of rotatable bonds is 5. The molecular weight excluding hydrogens is 222 g/mol. The van der Waals surface area contributed by atoms with Gasteiger partial charge in [0.05, 0.1) is 6.61 Å². The van der Waals surface area contributed by atoms with Gasteiger partial charge in [0.25, 0.3) is 0 Å². The summed E-state index contributed by atoms with van der Waals surface area (Å²) in [6.07, 6.45) is 0. The molecule has 0 radical (unpaired) electrons. The van der Waals surface area contributed by atoms with Crippen LogP contribution >= 0.6 is 11.6 Å². The molecule has 0 saturated heterocycles. The highest BCUT2D eigenvalue weighted by Crippen LogP contribution is 2.17. The van der Waals surface area contributed by atoms with Crippen LogP contribution in [0.25, 0.3) is 0 Å². The van der Waals surface area contributed by atoms with E-state index in [4.69, 9.17) is 11.6 Å². The number of hydrogen-bond donors (Lipinski definition) is 2. The van der Waals surface area contributed by atoms with Gasteiger partial charge in [-0.05, 0) is 30.5 Å². The minimum Gasteiger partial charge on any atom is -0.395 e. The molecule has 0 saturated carbocycles. The summed E-state index contributed by atoms with van der Waals surface area (Å²) in [5.41, 5.74) is 1.18. The zero-order valence-corrected chi connectivity index (χ0v) is 10.8. The van der Waals surface area contributed by atoms with Gasteiger partial charge in [-0.2, -0.15) is 0 Å². The summed E-state index contributed by atoms with van der Waals surface area (Å²) in [7, 11) is 0. The molecule has 1 aromatic rings. The largest absolute Gasteiger partial charge is 0.395 e. The smallest absolute Gasteiger partial charge is 0.0587 e. The molecule has 0 spiro atoms. The number of halogens is 1. The van der Waals surface area contributed by atoms with Crippen LogP contribution in [0.3, 0.4) is 0 Å². The molecule has 1 unspecified atom stereocenters. The van der Waals surface area contributed by atoms with E-state index >= 15 is 0 Å². The number of nitrogens with one attached hydrogen (secondary N) is 1. The summed E-state index contributed by atoms with van der Waals surface area (Å²) in [6, 6.07) is 8.14. The first-order chi connectivity index (χ1) is 7.54. The van der Waals surface area contributed by atoms with Gasteiger partial charge in [-0.3, -0.25) is 0 Å². The van der Waals surface area contributed by atoms with Crippen molar-refractivity contribution in [3.8, 4) is 0 Å². The van der Waals surface area contributed by atoms with Crippen molar-refractivity contribution >= 4 is 11.6 Å². The third-order valence-electron chi connectivity index (χ3n) is 2.84. The summed E-state index contributed by atoms with van der Waals surface area (Å²) < 4.78 is 0. The SMILES string of the molecule is CC(N[C@H](CO)C(C)C)c1ccc(Cl)cc1. The zero-order chi connectivity index (χ0) is 12.1. The Morgan fingerprint density at radius 3 is 2.19 bits per heavy atom. The predicted octanol–water partition coefficient (Wildman–Crippen LogP) is 3.01. The monoisotopic (exact) mass is 241 g/mol. The Balaban J connectivity index is 2.64. The van der Waals surface area contributed by atoms with Gasteiger partial charge in [-0.25, -0.2) is 0 Å². The van der Waals surface area contributed by atoms with Gasteiger partial charge in [0.2, 0.25) is 0 Å². The summed E-state index contributed by atoms with van der Waals surface area (Å²) in [4.78, 5) is 0. The second kappa shape index (κ2) is 6.24. The van der Waals surface area contributed by atoms with Crippen LogP contribution in [0.2, 0.25) is 5.02 Å². The standard InChI is InChI=1S/C13H20ClNO/c1-9(2)13(8-16)15-10(3)11-4-6-12(14)7-5-11/h4-7,9-10,13,15-16H,8H2,1-3H3/t10?,13-/m1/s1. The molecule has 3 heteroatoms. The van der Waals surface area contributed by atoms with E-state index in [1.54, 1.807) is 0 Å². The predicted molar refractivity (Wildman–Crippen MR) is 68.7 cm³/mol. The van der Waals surface area contributed by atoms with Crippen molar-refractivity contribution in [2.24, 2.45) is 5.92 Å². The summed E-state index contributed by atoms with van der Waals surface area (Å²) in [6.45, 7) is 6.45. The molecule has 0 aliphatic heterocycles. The Morgan fingerprint density at radius 2 is 1.75 bits per heavy atom. The van der Waals surface area contributed by atoms with Gasteiger partial charge < -0.3 is 10.4 Å². The molecule has 2 atom stereocenters. The molecule has 2 N–H and O–H groups in total. The quantitative estimate of drug-likeness (QED) is 0.831. The molecule has 0 heterocycles. The topological polar surface area (TPSA) is 32.3 Å². The third-order valence-corrected chi connectivity index (χ3v) is 3.09. The molecule has 0 aliphatic carbocycles. The number of aliphatic hydroxyl groups is 1. The fourth-order valence-electron chi connectivity index (χ4n) is 1.62. The van der Waals surface area contributed by atoms with Crippen LogP contribution in [0.5, 0.6) is 0 Å². The van der Waals surface area contributed by atoms with Gasteiger partial charge in [-0.15, -0.1) is 0 Å². The highest BCUT2D eigenvalue weighted by molar-refractivity contribution is 6.30. The van der Waals surface area contributed by atoms with E-state index < -0.39 is 0 Å². The lowest BCUT2D eigenvalue weighted by molar-refractivity contribution is 0.201. The number of benzene rings is 1. The van der Waals surface area contributed by atoms with Crippen molar-refractivity contribution in [2.45, 2.75) is 32.9 Å². The molecule has 0 aromatic heterocycles. The Morgan fingerprint density at radius 1 is 1.19 bits per heavy atom. The van der Waals surface area contributed by atoms with Crippen LogP contribution < -0.4 is 5.32 Å². The normalized spacial score (nSPS) is 15.1. The molecule has 1 aromatic carbocycles. The zero-order valence-electron chi connectivity index (χ0n) is 10.1. The van der Waals surface area contributed by atoms with E-state index in [2.05, 4.69) is 26.1 Å². The Kier molecular flexibility index (Phi) is 5.26. The highest BCUT2D eigenvalue weighted by Gasteiger charge is 2.15. The molecule has 16 heavy (non-hydrogen) atoms. The van der Waals surface area contributed by atoms with Crippen LogP contribution in [0.4, 0.5) is 0 Å². The van der Waals surface area contributed by atoms with Crippen molar-refractivity contribution in [1.82, 2.24) is 5.32 Å². The maximum atomic E-state index is 9.25. The van der Waals surface area contributed by atoms with Crippen molar-refractivity contribution in [3.63, 3.8) is 0 Å². The van der Waals surface area contributed by atoms with Crippen molar-refractivity contribution in [1.29, 1.82) is 0 Å².